The van der Waals surface area contributed by atoms with Gasteiger partial charge in [-0.05, 0) is 45.8 Å². The zero-order chi connectivity index (χ0) is 12.0. The van der Waals surface area contributed by atoms with Gasteiger partial charge >= 0.3 is 6.18 Å². The van der Waals surface area contributed by atoms with Gasteiger partial charge in [-0.1, -0.05) is 6.42 Å². The quantitative estimate of drug-likeness (QED) is 0.791. The minimum atomic E-state index is -4.07. The van der Waals surface area contributed by atoms with E-state index in [1.54, 1.807) is 0 Å². The summed E-state index contributed by atoms with van der Waals surface area (Å²) in [6.07, 6.45) is 1.40. The van der Waals surface area contributed by atoms with Crippen molar-refractivity contribution in [1.29, 1.82) is 0 Å². The molecular weight excluding hydrogens is 217 g/mol. The summed E-state index contributed by atoms with van der Waals surface area (Å²) in [7, 11) is 1.53. The first kappa shape index (κ1) is 13.8. The number of nitrogens with one attached hydrogen (secondary N) is 1. The molecule has 1 heterocycles. The van der Waals surface area contributed by atoms with Crippen LogP contribution in [-0.4, -0.2) is 43.8 Å². The lowest BCUT2D eigenvalue weighted by molar-refractivity contribution is -0.143. The van der Waals surface area contributed by atoms with Crippen LogP contribution in [0.2, 0.25) is 0 Å². The molecular formula is C11H21F3N2. The van der Waals surface area contributed by atoms with Crippen LogP contribution in [0.5, 0.6) is 0 Å². The number of nitrogens with zero attached hydrogens (tertiary/aromatic N) is 1. The lowest BCUT2D eigenvalue weighted by atomic mass is 10.0. The molecule has 0 aliphatic carbocycles. The Morgan fingerprint density at radius 1 is 1.31 bits per heavy atom. The number of halogens is 3. The first-order valence-corrected chi connectivity index (χ1v) is 5.96. The Morgan fingerprint density at radius 3 is 2.62 bits per heavy atom. The highest BCUT2D eigenvalue weighted by molar-refractivity contribution is 4.72. The molecule has 1 N–H and O–H groups in total. The Balaban J connectivity index is 2.05. The van der Waals surface area contributed by atoms with Gasteiger partial charge in [-0.3, -0.25) is 4.90 Å². The largest absolute Gasteiger partial charge is 0.401 e. The maximum atomic E-state index is 12.0. The van der Waals surface area contributed by atoms with Gasteiger partial charge < -0.3 is 5.32 Å². The van der Waals surface area contributed by atoms with Crippen LogP contribution in [0.25, 0.3) is 0 Å². The van der Waals surface area contributed by atoms with Gasteiger partial charge in [0.25, 0.3) is 0 Å². The molecule has 1 aliphatic heterocycles. The Bertz CT molecular complexity index is 188. The van der Waals surface area contributed by atoms with Crippen LogP contribution in [-0.2, 0) is 0 Å². The molecule has 0 radical (unpaired) electrons. The van der Waals surface area contributed by atoms with Crippen LogP contribution < -0.4 is 5.32 Å². The van der Waals surface area contributed by atoms with E-state index in [0.29, 0.717) is 12.6 Å². The molecule has 0 aromatic heterocycles. The van der Waals surface area contributed by atoms with Crippen LogP contribution in [0.1, 0.15) is 32.1 Å². The summed E-state index contributed by atoms with van der Waals surface area (Å²) in [6.45, 7) is 0.784. The number of rotatable bonds is 5. The molecule has 1 fully saturated rings. The Hall–Kier alpha value is -0.290. The predicted octanol–water partition coefficient (Wildman–Crippen LogP) is 2.40. The van der Waals surface area contributed by atoms with Gasteiger partial charge in [0.2, 0.25) is 0 Å². The van der Waals surface area contributed by atoms with Gasteiger partial charge in [0.15, 0.2) is 0 Å². The van der Waals surface area contributed by atoms with Crippen LogP contribution >= 0.6 is 0 Å². The second-order valence-electron chi connectivity index (χ2n) is 4.64. The molecule has 0 amide bonds. The fraction of sp³-hybridized carbons (Fsp3) is 1.00. The molecule has 96 valence electrons. The van der Waals surface area contributed by atoms with E-state index in [1.165, 1.54) is 31.2 Å². The first-order valence-electron chi connectivity index (χ1n) is 5.96. The second kappa shape index (κ2) is 6.45. The molecule has 16 heavy (non-hydrogen) atoms. The van der Waals surface area contributed by atoms with Gasteiger partial charge in [0.05, 0.1) is 6.54 Å². The molecule has 5 heteroatoms. The fourth-order valence-corrected chi connectivity index (χ4v) is 2.16. The third-order valence-corrected chi connectivity index (χ3v) is 2.95. The third-order valence-electron chi connectivity index (χ3n) is 2.95. The minimum absolute atomic E-state index is 0.521. The minimum Gasteiger partial charge on any atom is -0.314 e. The predicted molar refractivity (Wildman–Crippen MR) is 58.4 cm³/mol. The lowest BCUT2D eigenvalue weighted by Gasteiger charge is -2.24. The van der Waals surface area contributed by atoms with Gasteiger partial charge in [-0.15, -0.1) is 0 Å². The summed E-state index contributed by atoms with van der Waals surface area (Å²) in [4.78, 5) is 1.35. The van der Waals surface area contributed by atoms with Gasteiger partial charge in [-0.25, -0.2) is 0 Å². The Labute approximate surface area is 95.2 Å². The molecule has 1 atom stereocenters. The van der Waals surface area contributed by atoms with Crippen molar-refractivity contribution in [1.82, 2.24) is 10.2 Å². The van der Waals surface area contributed by atoms with E-state index in [9.17, 15) is 13.2 Å². The lowest BCUT2D eigenvalue weighted by Crippen LogP contribution is -2.35. The van der Waals surface area contributed by atoms with Crippen molar-refractivity contribution in [2.75, 3.05) is 26.7 Å². The van der Waals surface area contributed by atoms with E-state index < -0.39 is 12.7 Å². The monoisotopic (exact) mass is 238 g/mol. The highest BCUT2D eigenvalue weighted by Crippen LogP contribution is 2.16. The van der Waals surface area contributed by atoms with E-state index in [2.05, 4.69) is 5.32 Å². The van der Waals surface area contributed by atoms with Gasteiger partial charge in [-0.2, -0.15) is 13.2 Å². The highest BCUT2D eigenvalue weighted by atomic mass is 19.4. The topological polar surface area (TPSA) is 15.3 Å². The number of hydrogen-bond acceptors (Lipinski definition) is 2. The Morgan fingerprint density at radius 2 is 2.06 bits per heavy atom. The van der Waals surface area contributed by atoms with Crippen molar-refractivity contribution in [3.8, 4) is 0 Å². The Kier molecular flexibility index (Phi) is 5.55. The van der Waals surface area contributed by atoms with Crippen LogP contribution in [0.4, 0.5) is 13.2 Å². The van der Waals surface area contributed by atoms with E-state index in [0.717, 1.165) is 19.4 Å². The summed E-state index contributed by atoms with van der Waals surface area (Å²) in [6, 6.07) is 0.521. The van der Waals surface area contributed by atoms with E-state index in [1.807, 2.05) is 0 Å². The van der Waals surface area contributed by atoms with E-state index >= 15 is 0 Å². The highest BCUT2D eigenvalue weighted by Gasteiger charge is 2.28. The number of alkyl halides is 3. The van der Waals surface area contributed by atoms with Crippen LogP contribution in [0.3, 0.4) is 0 Å². The number of piperidine rings is 1. The fourth-order valence-electron chi connectivity index (χ4n) is 2.16. The van der Waals surface area contributed by atoms with E-state index in [-0.39, 0.29) is 0 Å². The number of hydrogen-bond donors (Lipinski definition) is 1. The molecule has 0 saturated carbocycles. The van der Waals surface area contributed by atoms with Crippen molar-refractivity contribution in [3.05, 3.63) is 0 Å². The standard InChI is InChI=1S/C11H21F3N2/c1-16(9-11(12,13)14)8-4-6-10-5-2-3-7-15-10/h10,15H,2-9H2,1H3. The molecule has 0 bridgehead atoms. The van der Waals surface area contributed by atoms with E-state index in [4.69, 9.17) is 0 Å². The molecule has 0 spiro atoms. The van der Waals surface area contributed by atoms with Crippen molar-refractivity contribution >= 4 is 0 Å². The maximum absolute atomic E-state index is 12.0. The molecule has 0 aromatic rings. The summed E-state index contributed by atoms with van der Waals surface area (Å²) in [5.74, 6) is 0. The van der Waals surface area contributed by atoms with Crippen molar-refractivity contribution in [3.63, 3.8) is 0 Å². The maximum Gasteiger partial charge on any atom is 0.401 e. The summed E-state index contributed by atoms with van der Waals surface area (Å²) in [5.41, 5.74) is 0. The van der Waals surface area contributed by atoms with Gasteiger partial charge in [0, 0.05) is 6.04 Å². The second-order valence-corrected chi connectivity index (χ2v) is 4.64. The SMILES string of the molecule is CN(CCCC1CCCCN1)CC(F)(F)F. The summed E-state index contributed by atoms with van der Waals surface area (Å²) >= 11 is 0. The molecule has 1 unspecified atom stereocenters. The summed E-state index contributed by atoms with van der Waals surface area (Å²) < 4.78 is 36.1. The van der Waals surface area contributed by atoms with Crippen LogP contribution in [0.15, 0.2) is 0 Å². The average molecular weight is 238 g/mol. The normalized spacial score (nSPS) is 22.7. The third kappa shape index (κ3) is 6.33. The molecule has 2 nitrogen and oxygen atoms in total. The van der Waals surface area contributed by atoms with Crippen molar-refractivity contribution < 1.29 is 13.2 Å². The zero-order valence-corrected chi connectivity index (χ0v) is 9.82. The van der Waals surface area contributed by atoms with Crippen molar-refractivity contribution in [2.45, 2.75) is 44.3 Å². The van der Waals surface area contributed by atoms with Crippen molar-refractivity contribution in [2.24, 2.45) is 0 Å². The summed E-state index contributed by atoms with van der Waals surface area (Å²) in [5, 5.41) is 3.40. The molecule has 0 aromatic carbocycles. The van der Waals surface area contributed by atoms with Crippen LogP contribution in [0, 0.1) is 0 Å². The zero-order valence-electron chi connectivity index (χ0n) is 9.82. The smallest absolute Gasteiger partial charge is 0.314 e. The molecule has 1 rings (SSSR count). The van der Waals surface area contributed by atoms with Gasteiger partial charge in [0.1, 0.15) is 0 Å². The molecule has 1 aliphatic rings. The first-order chi connectivity index (χ1) is 7.47. The molecule has 1 saturated heterocycles. The average Bonchev–Trinajstić information content (AvgIpc) is 2.16.